The van der Waals surface area contributed by atoms with Gasteiger partial charge in [0.05, 0.1) is 14.2 Å². The number of methoxy groups -OCH3 is 2. The van der Waals surface area contributed by atoms with Crippen LogP contribution < -0.4 is 20.1 Å². The number of hydrogen-bond donors (Lipinski definition) is 2. The molecule has 0 radical (unpaired) electrons. The Morgan fingerprint density at radius 1 is 1.00 bits per heavy atom. The Morgan fingerprint density at radius 3 is 2.15 bits per heavy atom. The maximum Gasteiger partial charge on any atom is 0.252 e. The summed E-state index contributed by atoms with van der Waals surface area (Å²) in [5.41, 5.74) is 1.00. The van der Waals surface area contributed by atoms with Gasteiger partial charge in [0.2, 0.25) is 5.91 Å². The molecule has 0 spiro atoms. The fourth-order valence-corrected chi connectivity index (χ4v) is 2.88. The molecule has 1 unspecified atom stereocenters. The van der Waals surface area contributed by atoms with Gasteiger partial charge in [-0.2, -0.15) is 0 Å². The Bertz CT molecular complexity index is 801. The zero-order valence-corrected chi connectivity index (χ0v) is 17.3. The molecule has 0 aliphatic carbocycles. The molecule has 0 fully saturated rings. The monoisotopic (exact) mass is 434 g/mol. The molecular weight excluding hydrogens is 412 g/mol. The number of hydrogen-bond acceptors (Lipinski definition) is 4. The normalized spacial score (nSPS) is 11.6. The topological polar surface area (TPSA) is 76.7 Å². The van der Waals surface area contributed by atoms with Crippen molar-refractivity contribution in [2.45, 2.75) is 19.9 Å². The van der Waals surface area contributed by atoms with Crippen molar-refractivity contribution in [3.05, 3.63) is 52.5 Å². The summed E-state index contributed by atoms with van der Waals surface area (Å²) in [6.07, 6.45) is 0. The fourth-order valence-electron chi connectivity index (χ4n) is 2.48. The molecule has 144 valence electrons. The lowest BCUT2D eigenvalue weighted by atomic mass is 10.0. The second-order valence-corrected chi connectivity index (χ2v) is 7.21. The zero-order chi connectivity index (χ0) is 20.0. The largest absolute Gasteiger partial charge is 0.497 e. The van der Waals surface area contributed by atoms with Gasteiger partial charge < -0.3 is 20.1 Å². The molecule has 27 heavy (non-hydrogen) atoms. The Labute approximate surface area is 167 Å². The van der Waals surface area contributed by atoms with Crippen molar-refractivity contribution in [2.75, 3.05) is 19.5 Å². The molecule has 2 aromatic rings. The van der Waals surface area contributed by atoms with Crippen LogP contribution in [0.1, 0.15) is 24.2 Å². The van der Waals surface area contributed by atoms with Gasteiger partial charge in [0.15, 0.2) is 0 Å². The second-order valence-electron chi connectivity index (χ2n) is 6.30. The number of benzene rings is 2. The van der Waals surface area contributed by atoms with Crippen molar-refractivity contribution >= 4 is 33.4 Å². The van der Waals surface area contributed by atoms with Crippen LogP contribution in [0, 0.1) is 5.92 Å². The van der Waals surface area contributed by atoms with E-state index in [1.54, 1.807) is 30.3 Å². The third kappa shape index (κ3) is 5.72. The number of anilines is 1. The summed E-state index contributed by atoms with van der Waals surface area (Å²) in [5, 5.41) is 5.63. The zero-order valence-electron chi connectivity index (χ0n) is 15.7. The lowest BCUT2D eigenvalue weighted by Crippen LogP contribution is -2.47. The highest BCUT2D eigenvalue weighted by atomic mass is 79.9. The summed E-state index contributed by atoms with van der Waals surface area (Å²) >= 11 is 3.37. The Morgan fingerprint density at radius 2 is 1.63 bits per heavy atom. The van der Waals surface area contributed by atoms with Crippen LogP contribution in [0.15, 0.2) is 46.9 Å². The summed E-state index contributed by atoms with van der Waals surface area (Å²) in [4.78, 5) is 25.4. The van der Waals surface area contributed by atoms with E-state index in [2.05, 4.69) is 26.6 Å². The molecule has 2 N–H and O–H groups in total. The molecule has 0 saturated carbocycles. The first kappa shape index (κ1) is 20.8. The molecule has 0 saturated heterocycles. The molecular formula is C20H23BrN2O4. The van der Waals surface area contributed by atoms with Crippen molar-refractivity contribution in [1.29, 1.82) is 0 Å². The van der Waals surface area contributed by atoms with Gasteiger partial charge >= 0.3 is 0 Å². The average Bonchev–Trinajstić information content (AvgIpc) is 2.64. The van der Waals surface area contributed by atoms with Gasteiger partial charge in [-0.3, -0.25) is 9.59 Å². The predicted octanol–water partition coefficient (Wildman–Crippen LogP) is 3.86. The summed E-state index contributed by atoms with van der Waals surface area (Å²) in [6.45, 7) is 3.75. The van der Waals surface area contributed by atoms with E-state index in [9.17, 15) is 9.59 Å². The summed E-state index contributed by atoms with van der Waals surface area (Å²) in [5.74, 6) is 0.230. The van der Waals surface area contributed by atoms with Crippen molar-refractivity contribution in [3.63, 3.8) is 0 Å². The molecule has 1 atom stereocenters. The van der Waals surface area contributed by atoms with Crippen molar-refractivity contribution < 1.29 is 19.1 Å². The maximum atomic E-state index is 12.7. The van der Waals surface area contributed by atoms with E-state index >= 15 is 0 Å². The van der Waals surface area contributed by atoms with E-state index in [4.69, 9.17) is 9.47 Å². The number of rotatable bonds is 7. The number of carbonyl (C=O) groups excluding carboxylic acids is 2. The van der Waals surface area contributed by atoms with Crippen LogP contribution in [-0.2, 0) is 4.79 Å². The van der Waals surface area contributed by atoms with Crippen LogP contribution in [-0.4, -0.2) is 32.1 Å². The van der Waals surface area contributed by atoms with Gasteiger partial charge in [-0.1, -0.05) is 35.8 Å². The molecule has 0 aromatic heterocycles. The minimum absolute atomic E-state index is 0.103. The smallest absolute Gasteiger partial charge is 0.252 e. The quantitative estimate of drug-likeness (QED) is 0.693. The first-order chi connectivity index (χ1) is 12.8. The molecule has 2 amide bonds. The first-order valence-electron chi connectivity index (χ1n) is 8.44. The Kier molecular flexibility index (Phi) is 7.24. The Balaban J connectivity index is 2.17. The van der Waals surface area contributed by atoms with E-state index in [0.717, 1.165) is 4.47 Å². The average molecular weight is 435 g/mol. The summed E-state index contributed by atoms with van der Waals surface area (Å²) < 4.78 is 11.2. The SMILES string of the molecule is COc1cc(OC)cc(C(=O)NC(C(=O)Nc2cccc(Br)c2)C(C)C)c1. The number of halogens is 1. The first-order valence-corrected chi connectivity index (χ1v) is 9.23. The van der Waals surface area contributed by atoms with Crippen LogP contribution in [0.4, 0.5) is 5.69 Å². The lowest BCUT2D eigenvalue weighted by Gasteiger charge is -2.22. The summed E-state index contributed by atoms with van der Waals surface area (Å²) in [7, 11) is 3.03. The molecule has 0 aliphatic rings. The summed E-state index contributed by atoms with van der Waals surface area (Å²) in [6, 6.07) is 11.4. The van der Waals surface area contributed by atoms with Gasteiger partial charge in [0.25, 0.3) is 5.91 Å². The number of nitrogens with one attached hydrogen (secondary N) is 2. The van der Waals surface area contributed by atoms with E-state index in [1.165, 1.54) is 14.2 Å². The van der Waals surface area contributed by atoms with E-state index in [0.29, 0.717) is 22.7 Å². The minimum Gasteiger partial charge on any atom is -0.497 e. The van der Waals surface area contributed by atoms with Crippen LogP contribution >= 0.6 is 15.9 Å². The van der Waals surface area contributed by atoms with Gasteiger partial charge in [-0.25, -0.2) is 0 Å². The van der Waals surface area contributed by atoms with Crippen LogP contribution in [0.5, 0.6) is 11.5 Å². The second kappa shape index (κ2) is 9.41. The van der Waals surface area contributed by atoms with Crippen molar-refractivity contribution in [2.24, 2.45) is 5.92 Å². The molecule has 0 heterocycles. The Hall–Kier alpha value is -2.54. The fraction of sp³-hybridized carbons (Fsp3) is 0.300. The van der Waals surface area contributed by atoms with Gasteiger partial charge in [-0.15, -0.1) is 0 Å². The van der Waals surface area contributed by atoms with Crippen LogP contribution in [0.25, 0.3) is 0 Å². The highest BCUT2D eigenvalue weighted by Gasteiger charge is 2.25. The number of amides is 2. The van der Waals surface area contributed by atoms with Gasteiger partial charge in [0.1, 0.15) is 17.5 Å². The molecule has 2 rings (SSSR count). The van der Waals surface area contributed by atoms with E-state index in [-0.39, 0.29) is 17.7 Å². The highest BCUT2D eigenvalue weighted by Crippen LogP contribution is 2.23. The predicted molar refractivity (Wildman–Crippen MR) is 108 cm³/mol. The van der Waals surface area contributed by atoms with Gasteiger partial charge in [-0.05, 0) is 36.2 Å². The molecule has 0 aliphatic heterocycles. The van der Waals surface area contributed by atoms with Crippen molar-refractivity contribution in [1.82, 2.24) is 5.32 Å². The van der Waals surface area contributed by atoms with Gasteiger partial charge in [0, 0.05) is 21.8 Å². The van der Waals surface area contributed by atoms with E-state index in [1.807, 2.05) is 26.0 Å². The number of carbonyl (C=O) groups is 2. The third-order valence-electron chi connectivity index (χ3n) is 3.94. The highest BCUT2D eigenvalue weighted by molar-refractivity contribution is 9.10. The molecule has 7 heteroatoms. The van der Waals surface area contributed by atoms with Crippen LogP contribution in [0.2, 0.25) is 0 Å². The molecule has 0 bridgehead atoms. The van der Waals surface area contributed by atoms with E-state index < -0.39 is 6.04 Å². The van der Waals surface area contributed by atoms with Crippen LogP contribution in [0.3, 0.4) is 0 Å². The number of ether oxygens (including phenoxy) is 2. The standard InChI is InChI=1S/C20H23BrN2O4/c1-12(2)18(20(25)22-15-7-5-6-14(21)10-15)23-19(24)13-8-16(26-3)11-17(9-13)27-4/h5-12,18H,1-4H3,(H,22,25)(H,23,24). The maximum absolute atomic E-state index is 12.7. The minimum atomic E-state index is -0.700. The molecule has 6 nitrogen and oxygen atoms in total. The lowest BCUT2D eigenvalue weighted by molar-refractivity contribution is -0.118. The van der Waals surface area contributed by atoms with Crippen molar-refractivity contribution in [3.8, 4) is 11.5 Å². The molecule has 2 aromatic carbocycles. The third-order valence-corrected chi connectivity index (χ3v) is 4.43.